The van der Waals surface area contributed by atoms with E-state index in [9.17, 15) is 9.90 Å². The third-order valence-corrected chi connectivity index (χ3v) is 3.77. The molecule has 1 heterocycles. The minimum atomic E-state index is -0.696. The van der Waals surface area contributed by atoms with Crippen LogP contribution in [-0.4, -0.2) is 28.6 Å². The van der Waals surface area contributed by atoms with Gasteiger partial charge in [0.05, 0.1) is 0 Å². The number of rotatable bonds is 3. The van der Waals surface area contributed by atoms with Gasteiger partial charge in [0.15, 0.2) is 0 Å². The lowest BCUT2D eigenvalue weighted by molar-refractivity contribution is -0.144. The van der Waals surface area contributed by atoms with Crippen molar-refractivity contribution in [3.63, 3.8) is 0 Å². The lowest BCUT2D eigenvalue weighted by Gasteiger charge is -2.29. The van der Waals surface area contributed by atoms with E-state index in [0.717, 1.165) is 13.0 Å². The number of carboxylic acid groups (broad SMARTS) is 1. The van der Waals surface area contributed by atoms with Crippen molar-refractivity contribution in [3.8, 4) is 0 Å². The minimum Gasteiger partial charge on any atom is -0.480 e. The number of aliphatic carboxylic acids is 1. The zero-order valence-corrected chi connectivity index (χ0v) is 10.3. The van der Waals surface area contributed by atoms with E-state index in [2.05, 4.69) is 24.0 Å². The first-order valence-corrected chi connectivity index (χ1v) is 6.14. The normalized spacial score (nSPS) is 26.9. The van der Waals surface area contributed by atoms with Crippen LogP contribution >= 0.6 is 0 Å². The van der Waals surface area contributed by atoms with E-state index in [-0.39, 0.29) is 18.0 Å². The fraction of sp³-hybridized carbons (Fsp3) is 0.500. The number of likely N-dealkylation sites (tertiary alicyclic amines) is 1. The maximum Gasteiger partial charge on any atom is 0.321 e. The van der Waals surface area contributed by atoms with Gasteiger partial charge in [-0.2, -0.15) is 0 Å². The van der Waals surface area contributed by atoms with Crippen LogP contribution in [0.1, 0.15) is 31.9 Å². The van der Waals surface area contributed by atoms with Gasteiger partial charge in [-0.25, -0.2) is 0 Å². The smallest absolute Gasteiger partial charge is 0.321 e. The van der Waals surface area contributed by atoms with Crippen molar-refractivity contribution in [2.75, 3.05) is 6.54 Å². The second kappa shape index (κ2) is 4.88. The average molecular weight is 233 g/mol. The molecule has 1 aliphatic rings. The Hall–Kier alpha value is -1.35. The fourth-order valence-electron chi connectivity index (χ4n) is 2.72. The zero-order valence-electron chi connectivity index (χ0n) is 10.3. The van der Waals surface area contributed by atoms with Crippen molar-refractivity contribution in [2.45, 2.75) is 32.4 Å². The summed E-state index contributed by atoms with van der Waals surface area (Å²) in [6.45, 7) is 4.98. The number of benzene rings is 1. The topological polar surface area (TPSA) is 40.5 Å². The molecule has 1 fully saturated rings. The molecule has 1 aromatic rings. The molecular formula is C14H19NO2. The molecule has 0 bridgehead atoms. The van der Waals surface area contributed by atoms with Gasteiger partial charge in [-0.1, -0.05) is 37.3 Å². The van der Waals surface area contributed by atoms with Crippen molar-refractivity contribution >= 4 is 5.97 Å². The first-order chi connectivity index (χ1) is 8.11. The molecule has 1 aliphatic heterocycles. The van der Waals surface area contributed by atoms with Crippen LogP contribution < -0.4 is 0 Å². The van der Waals surface area contributed by atoms with Crippen molar-refractivity contribution < 1.29 is 9.90 Å². The van der Waals surface area contributed by atoms with Crippen LogP contribution in [0, 0.1) is 5.92 Å². The van der Waals surface area contributed by atoms with E-state index in [0.29, 0.717) is 0 Å². The highest BCUT2D eigenvalue weighted by atomic mass is 16.4. The molecule has 92 valence electrons. The molecule has 1 unspecified atom stereocenters. The molecule has 0 saturated carbocycles. The molecule has 0 amide bonds. The monoisotopic (exact) mass is 233 g/mol. The third-order valence-electron chi connectivity index (χ3n) is 3.77. The zero-order chi connectivity index (χ0) is 12.4. The Labute approximate surface area is 102 Å². The Morgan fingerprint density at radius 2 is 2.06 bits per heavy atom. The van der Waals surface area contributed by atoms with Crippen LogP contribution in [0.4, 0.5) is 0 Å². The van der Waals surface area contributed by atoms with Gasteiger partial charge in [0.25, 0.3) is 0 Å². The molecule has 3 nitrogen and oxygen atoms in total. The van der Waals surface area contributed by atoms with Gasteiger partial charge in [0, 0.05) is 6.04 Å². The predicted molar refractivity (Wildman–Crippen MR) is 66.8 cm³/mol. The summed E-state index contributed by atoms with van der Waals surface area (Å²) in [6.07, 6.45) is 0.966. The van der Waals surface area contributed by atoms with E-state index >= 15 is 0 Å². The van der Waals surface area contributed by atoms with Gasteiger partial charge in [-0.3, -0.25) is 9.69 Å². The number of hydrogen-bond acceptors (Lipinski definition) is 2. The minimum absolute atomic E-state index is 0.169. The summed E-state index contributed by atoms with van der Waals surface area (Å²) in [5.41, 5.74) is 1.19. The predicted octanol–water partition coefficient (Wildman–Crippen LogP) is 2.54. The molecule has 1 N–H and O–H groups in total. The number of nitrogens with zero attached hydrogens (tertiary/aromatic N) is 1. The Kier molecular flexibility index (Phi) is 3.48. The van der Waals surface area contributed by atoms with Gasteiger partial charge in [0.2, 0.25) is 0 Å². The standard InChI is InChI=1S/C14H19NO2/c1-10-8-9-15(13(10)14(16)17)11(2)12-6-4-3-5-7-12/h3-7,10-11,13H,8-9H2,1-2H3,(H,16,17)/t10-,11?,13+/m1/s1. The van der Waals surface area contributed by atoms with Crippen LogP contribution in [0.3, 0.4) is 0 Å². The van der Waals surface area contributed by atoms with Crippen molar-refractivity contribution in [1.29, 1.82) is 0 Å². The molecule has 3 heteroatoms. The summed E-state index contributed by atoms with van der Waals surface area (Å²) < 4.78 is 0. The second-order valence-electron chi connectivity index (χ2n) is 4.87. The van der Waals surface area contributed by atoms with Crippen molar-refractivity contribution in [3.05, 3.63) is 35.9 Å². The van der Waals surface area contributed by atoms with Gasteiger partial charge >= 0.3 is 5.97 Å². The van der Waals surface area contributed by atoms with Crippen LogP contribution in [0.5, 0.6) is 0 Å². The molecule has 1 aromatic carbocycles. The Bertz CT molecular complexity index is 390. The summed E-state index contributed by atoms with van der Waals surface area (Å²) >= 11 is 0. The van der Waals surface area contributed by atoms with Crippen molar-refractivity contribution in [2.24, 2.45) is 5.92 Å². The summed E-state index contributed by atoms with van der Waals surface area (Å²) in [5.74, 6) is -0.462. The molecule has 0 aromatic heterocycles. The summed E-state index contributed by atoms with van der Waals surface area (Å²) in [6, 6.07) is 9.94. The summed E-state index contributed by atoms with van der Waals surface area (Å²) in [4.78, 5) is 13.4. The first-order valence-electron chi connectivity index (χ1n) is 6.14. The number of carboxylic acids is 1. The van der Waals surface area contributed by atoms with Crippen LogP contribution in [0.25, 0.3) is 0 Å². The van der Waals surface area contributed by atoms with Gasteiger partial charge < -0.3 is 5.11 Å². The van der Waals surface area contributed by atoms with Crippen LogP contribution in [0.15, 0.2) is 30.3 Å². The molecule has 2 rings (SSSR count). The van der Waals surface area contributed by atoms with E-state index in [1.807, 2.05) is 25.1 Å². The highest BCUT2D eigenvalue weighted by Gasteiger charge is 2.39. The molecule has 0 spiro atoms. The summed E-state index contributed by atoms with van der Waals surface area (Å²) in [5, 5.41) is 9.31. The molecule has 1 saturated heterocycles. The van der Waals surface area contributed by atoms with Gasteiger partial charge in [-0.15, -0.1) is 0 Å². The Morgan fingerprint density at radius 1 is 1.41 bits per heavy atom. The Balaban J connectivity index is 2.20. The van der Waals surface area contributed by atoms with E-state index in [4.69, 9.17) is 0 Å². The summed E-state index contributed by atoms with van der Waals surface area (Å²) in [7, 11) is 0. The Morgan fingerprint density at radius 3 is 2.65 bits per heavy atom. The molecule has 17 heavy (non-hydrogen) atoms. The second-order valence-corrected chi connectivity index (χ2v) is 4.87. The van der Waals surface area contributed by atoms with Gasteiger partial charge in [0.1, 0.15) is 6.04 Å². The van der Waals surface area contributed by atoms with E-state index < -0.39 is 5.97 Å². The van der Waals surface area contributed by atoms with Crippen LogP contribution in [0.2, 0.25) is 0 Å². The lowest BCUT2D eigenvalue weighted by atomic mass is 10.0. The highest BCUT2D eigenvalue weighted by Crippen LogP contribution is 2.32. The van der Waals surface area contributed by atoms with Crippen molar-refractivity contribution in [1.82, 2.24) is 4.90 Å². The van der Waals surface area contributed by atoms with Gasteiger partial charge in [-0.05, 0) is 31.4 Å². The van der Waals surface area contributed by atoms with E-state index in [1.165, 1.54) is 5.56 Å². The largest absolute Gasteiger partial charge is 0.480 e. The molecule has 0 aliphatic carbocycles. The lowest BCUT2D eigenvalue weighted by Crippen LogP contribution is -2.40. The quantitative estimate of drug-likeness (QED) is 0.872. The SMILES string of the molecule is CC(c1ccccc1)N1CC[C@@H](C)[C@H]1C(=O)O. The highest BCUT2D eigenvalue weighted by molar-refractivity contribution is 5.74. The maximum atomic E-state index is 11.3. The fourth-order valence-corrected chi connectivity index (χ4v) is 2.72. The number of carbonyl (C=O) groups is 1. The number of hydrogen-bond donors (Lipinski definition) is 1. The first kappa shape index (κ1) is 12.1. The average Bonchev–Trinajstić information content (AvgIpc) is 2.71. The molecule has 3 atom stereocenters. The maximum absolute atomic E-state index is 11.3. The molecular weight excluding hydrogens is 214 g/mol. The third kappa shape index (κ3) is 2.34. The van der Waals surface area contributed by atoms with E-state index in [1.54, 1.807) is 0 Å². The van der Waals surface area contributed by atoms with Crippen LogP contribution in [-0.2, 0) is 4.79 Å². The molecule has 0 radical (unpaired) electrons.